The Labute approximate surface area is 152 Å². The summed E-state index contributed by atoms with van der Waals surface area (Å²) < 4.78 is 30.2. The lowest BCUT2D eigenvalue weighted by molar-refractivity contribution is -0.117. The maximum atomic E-state index is 13.0. The van der Waals surface area contributed by atoms with E-state index in [1.807, 2.05) is 0 Å². The van der Waals surface area contributed by atoms with Crippen molar-refractivity contribution in [3.05, 3.63) is 59.3 Å². The summed E-state index contributed by atoms with van der Waals surface area (Å²) in [4.78, 5) is 24.4. The highest BCUT2D eigenvalue weighted by atomic mass is 19.3. The van der Waals surface area contributed by atoms with E-state index in [1.54, 1.807) is 13.0 Å². The van der Waals surface area contributed by atoms with Gasteiger partial charge in [0.2, 0.25) is 5.91 Å². The minimum atomic E-state index is -2.95. The van der Waals surface area contributed by atoms with Crippen LogP contribution in [0.5, 0.6) is 11.5 Å². The average Bonchev–Trinajstić information content (AvgIpc) is 2.86. The molecule has 0 bridgehead atoms. The van der Waals surface area contributed by atoms with Crippen LogP contribution in [-0.4, -0.2) is 28.1 Å². The van der Waals surface area contributed by atoms with Crippen molar-refractivity contribution >= 4 is 22.7 Å². The van der Waals surface area contributed by atoms with E-state index in [0.29, 0.717) is 22.2 Å². The van der Waals surface area contributed by atoms with Gasteiger partial charge in [0.1, 0.15) is 11.5 Å². The molecule has 0 fully saturated rings. The Morgan fingerprint density at radius 1 is 1.19 bits per heavy atom. The molecule has 0 unspecified atom stereocenters. The Balaban J connectivity index is 2.09. The second-order valence-electron chi connectivity index (χ2n) is 5.95. The number of nitrogens with zero attached hydrogens (tertiary/aromatic N) is 1. The van der Waals surface area contributed by atoms with Crippen molar-refractivity contribution in [1.29, 1.82) is 0 Å². The number of rotatable bonds is 5. The third-order valence-corrected chi connectivity index (χ3v) is 4.20. The molecule has 0 saturated carbocycles. The van der Waals surface area contributed by atoms with Gasteiger partial charge in [-0.3, -0.25) is 14.2 Å². The van der Waals surface area contributed by atoms with E-state index in [-0.39, 0.29) is 23.5 Å². The molecular formula is C19H16F2N2O4. The Bertz CT molecular complexity index is 1030. The topological polar surface area (TPSA) is 94.5 Å². The summed E-state index contributed by atoms with van der Waals surface area (Å²) in [5.41, 5.74) is 7.10. The minimum absolute atomic E-state index is 0.00804. The van der Waals surface area contributed by atoms with Crippen LogP contribution in [0.25, 0.3) is 10.9 Å². The number of hydrogen-bond acceptors (Lipinski definition) is 4. The van der Waals surface area contributed by atoms with E-state index >= 15 is 0 Å². The highest BCUT2D eigenvalue weighted by Crippen LogP contribution is 2.30. The predicted molar refractivity (Wildman–Crippen MR) is 94.0 cm³/mol. The first kappa shape index (κ1) is 18.4. The maximum absolute atomic E-state index is 13.0. The summed E-state index contributed by atoms with van der Waals surface area (Å²) in [5, 5.41) is 10.3. The molecule has 0 saturated heterocycles. The van der Waals surface area contributed by atoms with Gasteiger partial charge in [-0.15, -0.1) is 0 Å². The lowest BCUT2D eigenvalue weighted by Crippen LogP contribution is -2.16. The van der Waals surface area contributed by atoms with E-state index in [1.165, 1.54) is 41.0 Å². The van der Waals surface area contributed by atoms with Gasteiger partial charge < -0.3 is 15.6 Å². The van der Waals surface area contributed by atoms with E-state index in [9.17, 15) is 23.5 Å². The smallest absolute Gasteiger partial charge is 0.387 e. The van der Waals surface area contributed by atoms with Crippen LogP contribution in [-0.2, 0) is 11.2 Å². The standard InChI is InChI=1S/C19H16F2N2O4/c1-10-14(9-17(22)25)15-8-12(24)4-7-16(15)23(10)18(26)11-2-5-13(6-3-11)27-19(20)21/h2-8,19,24H,9H2,1H3,(H2,22,25). The number of ether oxygens (including phenoxy) is 1. The van der Waals surface area contributed by atoms with E-state index < -0.39 is 18.4 Å². The predicted octanol–water partition coefficient (Wildman–Crippen LogP) is 2.97. The Morgan fingerprint density at radius 2 is 1.85 bits per heavy atom. The summed E-state index contributed by atoms with van der Waals surface area (Å²) in [6.07, 6.45) is -0.0900. The van der Waals surface area contributed by atoms with Crippen LogP contribution in [0.2, 0.25) is 0 Å². The monoisotopic (exact) mass is 374 g/mol. The van der Waals surface area contributed by atoms with Gasteiger partial charge in [-0.05, 0) is 55.0 Å². The highest BCUT2D eigenvalue weighted by molar-refractivity contribution is 6.05. The molecule has 0 aliphatic heterocycles. The van der Waals surface area contributed by atoms with Crippen LogP contribution in [0, 0.1) is 6.92 Å². The van der Waals surface area contributed by atoms with Gasteiger partial charge in [-0.1, -0.05) is 0 Å². The number of nitrogens with two attached hydrogens (primary N) is 1. The number of benzene rings is 2. The molecule has 0 spiro atoms. The van der Waals surface area contributed by atoms with Crippen molar-refractivity contribution in [3.8, 4) is 11.5 Å². The first-order valence-electron chi connectivity index (χ1n) is 7.98. The fourth-order valence-electron chi connectivity index (χ4n) is 3.04. The number of aromatic nitrogens is 1. The van der Waals surface area contributed by atoms with Crippen LogP contribution in [0.3, 0.4) is 0 Å². The SMILES string of the molecule is Cc1c(CC(N)=O)c2cc(O)ccc2n1C(=O)c1ccc(OC(F)F)cc1. The first-order valence-corrected chi connectivity index (χ1v) is 7.98. The maximum Gasteiger partial charge on any atom is 0.387 e. The molecule has 1 aromatic heterocycles. The fraction of sp³-hybridized carbons (Fsp3) is 0.158. The molecule has 3 aromatic rings. The number of phenols is 1. The zero-order valence-electron chi connectivity index (χ0n) is 14.3. The molecule has 0 aliphatic carbocycles. The second kappa shape index (κ2) is 7.06. The molecule has 8 heteroatoms. The largest absolute Gasteiger partial charge is 0.508 e. The summed E-state index contributed by atoms with van der Waals surface area (Å²) in [5.74, 6) is -1.05. The quantitative estimate of drug-likeness (QED) is 0.718. The molecule has 0 radical (unpaired) electrons. The number of amides is 1. The van der Waals surface area contributed by atoms with Crippen molar-refractivity contribution in [2.45, 2.75) is 20.0 Å². The van der Waals surface area contributed by atoms with Gasteiger partial charge in [-0.25, -0.2) is 0 Å². The van der Waals surface area contributed by atoms with Crippen molar-refractivity contribution < 1.29 is 28.2 Å². The van der Waals surface area contributed by atoms with Crippen LogP contribution in [0.4, 0.5) is 8.78 Å². The number of halogens is 2. The molecule has 27 heavy (non-hydrogen) atoms. The number of alkyl halides is 2. The number of fused-ring (bicyclic) bond motifs is 1. The molecule has 3 N–H and O–H groups in total. The molecule has 0 atom stereocenters. The molecule has 140 valence electrons. The van der Waals surface area contributed by atoms with E-state index in [4.69, 9.17) is 5.73 Å². The van der Waals surface area contributed by atoms with Crippen molar-refractivity contribution in [2.75, 3.05) is 0 Å². The van der Waals surface area contributed by atoms with Crippen LogP contribution >= 0.6 is 0 Å². The van der Waals surface area contributed by atoms with Crippen LogP contribution in [0.1, 0.15) is 21.6 Å². The second-order valence-corrected chi connectivity index (χ2v) is 5.95. The van der Waals surface area contributed by atoms with E-state index in [0.717, 1.165) is 0 Å². The molecule has 1 amide bonds. The number of aromatic hydroxyl groups is 1. The zero-order valence-corrected chi connectivity index (χ0v) is 14.3. The number of phenolic OH excluding ortho intramolecular Hbond substituents is 1. The van der Waals surface area contributed by atoms with Crippen molar-refractivity contribution in [2.24, 2.45) is 5.73 Å². The van der Waals surface area contributed by atoms with Crippen LogP contribution < -0.4 is 10.5 Å². The lowest BCUT2D eigenvalue weighted by Gasteiger charge is -2.09. The number of carbonyl (C=O) groups excluding carboxylic acids is 2. The minimum Gasteiger partial charge on any atom is -0.508 e. The number of carbonyl (C=O) groups is 2. The van der Waals surface area contributed by atoms with Crippen LogP contribution in [0.15, 0.2) is 42.5 Å². The third kappa shape index (κ3) is 3.59. The molecule has 6 nitrogen and oxygen atoms in total. The van der Waals surface area contributed by atoms with E-state index in [2.05, 4.69) is 4.74 Å². The zero-order chi connectivity index (χ0) is 19.7. The molecular weight excluding hydrogens is 358 g/mol. The molecule has 2 aromatic carbocycles. The summed E-state index contributed by atoms with van der Waals surface area (Å²) in [6.45, 7) is -1.28. The fourth-order valence-corrected chi connectivity index (χ4v) is 3.04. The molecule has 3 rings (SSSR count). The summed E-state index contributed by atoms with van der Waals surface area (Å²) in [7, 11) is 0. The van der Waals surface area contributed by atoms with Gasteiger partial charge in [0.15, 0.2) is 0 Å². The molecule has 1 heterocycles. The normalized spacial score (nSPS) is 11.1. The van der Waals surface area contributed by atoms with Crippen molar-refractivity contribution in [1.82, 2.24) is 4.57 Å². The number of hydrogen-bond donors (Lipinski definition) is 2. The van der Waals surface area contributed by atoms with Crippen molar-refractivity contribution in [3.63, 3.8) is 0 Å². The van der Waals surface area contributed by atoms with Gasteiger partial charge in [0.05, 0.1) is 11.9 Å². The summed E-state index contributed by atoms with van der Waals surface area (Å²) >= 11 is 0. The third-order valence-electron chi connectivity index (χ3n) is 4.20. The number of primary amides is 1. The Kier molecular flexibility index (Phi) is 4.81. The van der Waals surface area contributed by atoms with Gasteiger partial charge in [-0.2, -0.15) is 8.78 Å². The Hall–Kier alpha value is -3.42. The summed E-state index contributed by atoms with van der Waals surface area (Å²) in [6, 6.07) is 9.75. The Morgan fingerprint density at radius 3 is 2.44 bits per heavy atom. The van der Waals surface area contributed by atoms with Gasteiger partial charge >= 0.3 is 6.61 Å². The lowest BCUT2D eigenvalue weighted by atomic mass is 10.1. The molecule has 0 aliphatic rings. The van der Waals surface area contributed by atoms with Gasteiger partial charge in [0.25, 0.3) is 5.91 Å². The first-order chi connectivity index (χ1) is 12.8. The van der Waals surface area contributed by atoms with Gasteiger partial charge in [0, 0.05) is 16.6 Å². The highest BCUT2D eigenvalue weighted by Gasteiger charge is 2.21. The average molecular weight is 374 g/mol.